The number of rotatable bonds is 8. The van der Waals surface area contributed by atoms with Gasteiger partial charge in [0.2, 0.25) is 5.88 Å². The van der Waals surface area contributed by atoms with Crippen LogP contribution in [0.15, 0.2) is 78.4 Å². The quantitative estimate of drug-likeness (QED) is 0.491. The number of nitrogens with zero attached hydrogens (tertiary/aromatic N) is 3. The van der Waals surface area contributed by atoms with E-state index < -0.39 is 17.8 Å². The number of benzene rings is 1. The summed E-state index contributed by atoms with van der Waals surface area (Å²) in [5, 5.41) is 22.1. The van der Waals surface area contributed by atoms with Gasteiger partial charge in [-0.2, -0.15) is 0 Å². The van der Waals surface area contributed by atoms with Crippen LogP contribution in [0.1, 0.15) is 37.4 Å². The third-order valence-corrected chi connectivity index (χ3v) is 8.42. The van der Waals surface area contributed by atoms with E-state index in [1.165, 1.54) is 11.2 Å². The molecular formula is C31H35N3O7. The van der Waals surface area contributed by atoms with Gasteiger partial charge in [0.15, 0.2) is 12.0 Å². The first kappa shape index (κ1) is 27.3. The molecule has 2 fully saturated rings. The summed E-state index contributed by atoms with van der Waals surface area (Å²) in [7, 11) is 1.61. The molecule has 1 aliphatic carbocycles. The van der Waals surface area contributed by atoms with E-state index >= 15 is 0 Å². The first-order valence-corrected chi connectivity index (χ1v) is 14.0. The Labute approximate surface area is 238 Å². The minimum atomic E-state index is -0.781. The smallest absolute Gasteiger partial charge is 0.417 e. The second-order valence-electron chi connectivity index (χ2n) is 10.9. The zero-order valence-electron chi connectivity index (χ0n) is 23.1. The SMILES string of the molecule is COc1ccc2nccc([C@@H](O)CN3CC[C@]4(CN(C5=COC=C(C6=CC=CCC6)O5)C(=O)O4)[C@H](CCO)C3)c2c1. The fraction of sp³-hybridized carbons (Fsp3) is 0.419. The number of aliphatic hydroxyl groups is 2. The number of likely N-dealkylation sites (tertiary alicyclic amines) is 1. The molecule has 0 saturated carbocycles. The molecule has 10 nitrogen and oxygen atoms in total. The molecule has 216 valence electrons. The number of β-amino-alcohol motifs (C(OH)–C–C–N with tert-alkyl or cyclic N) is 1. The molecule has 0 radical (unpaired) electrons. The largest absolute Gasteiger partial charge is 0.497 e. The highest BCUT2D eigenvalue weighted by Crippen LogP contribution is 2.42. The molecule has 10 heteroatoms. The average molecular weight is 562 g/mol. The second-order valence-corrected chi connectivity index (χ2v) is 10.9. The van der Waals surface area contributed by atoms with Gasteiger partial charge in [-0.15, -0.1) is 0 Å². The highest BCUT2D eigenvalue weighted by molar-refractivity contribution is 5.83. The molecule has 1 aromatic heterocycles. The Morgan fingerprint density at radius 3 is 2.98 bits per heavy atom. The topological polar surface area (TPSA) is 114 Å². The van der Waals surface area contributed by atoms with Gasteiger partial charge in [-0.25, -0.2) is 9.69 Å². The summed E-state index contributed by atoms with van der Waals surface area (Å²) >= 11 is 0. The molecule has 4 aliphatic rings. The van der Waals surface area contributed by atoms with E-state index in [4.69, 9.17) is 18.9 Å². The molecule has 4 heterocycles. The highest BCUT2D eigenvalue weighted by atomic mass is 16.6. The molecule has 1 amide bonds. The third kappa shape index (κ3) is 5.42. The first-order chi connectivity index (χ1) is 20.0. The minimum Gasteiger partial charge on any atom is -0.497 e. The van der Waals surface area contributed by atoms with Crippen molar-refractivity contribution >= 4 is 17.0 Å². The maximum absolute atomic E-state index is 13.2. The fourth-order valence-corrected chi connectivity index (χ4v) is 6.19. The van der Waals surface area contributed by atoms with E-state index in [0.717, 1.165) is 34.9 Å². The molecule has 0 bridgehead atoms. The number of piperidine rings is 1. The monoisotopic (exact) mass is 561 g/mol. The van der Waals surface area contributed by atoms with E-state index in [-0.39, 0.29) is 12.5 Å². The van der Waals surface area contributed by atoms with E-state index in [1.54, 1.807) is 19.6 Å². The molecule has 1 aromatic carbocycles. The fourth-order valence-electron chi connectivity index (χ4n) is 6.19. The van der Waals surface area contributed by atoms with E-state index in [2.05, 4.69) is 16.0 Å². The van der Waals surface area contributed by atoms with Crippen molar-refractivity contribution in [3.05, 3.63) is 84.0 Å². The van der Waals surface area contributed by atoms with Gasteiger partial charge in [0.25, 0.3) is 0 Å². The van der Waals surface area contributed by atoms with Crippen molar-refractivity contribution in [2.75, 3.05) is 39.9 Å². The van der Waals surface area contributed by atoms with E-state index in [9.17, 15) is 15.0 Å². The number of pyridine rings is 1. The Hall–Kier alpha value is -3.86. The summed E-state index contributed by atoms with van der Waals surface area (Å²) in [4.78, 5) is 21.2. The summed E-state index contributed by atoms with van der Waals surface area (Å²) in [6, 6.07) is 7.46. The van der Waals surface area contributed by atoms with Crippen LogP contribution < -0.4 is 4.74 Å². The van der Waals surface area contributed by atoms with Gasteiger partial charge in [0.1, 0.15) is 17.6 Å². The molecule has 2 saturated heterocycles. The number of fused-ring (bicyclic) bond motifs is 1. The molecule has 1 spiro atoms. The van der Waals surface area contributed by atoms with Crippen LogP contribution in [0.5, 0.6) is 5.75 Å². The minimum absolute atomic E-state index is 0.0357. The predicted molar refractivity (Wildman–Crippen MR) is 150 cm³/mol. The number of aromatic nitrogens is 1. The highest BCUT2D eigenvalue weighted by Gasteiger charge is 2.54. The Bertz CT molecular complexity index is 1430. The van der Waals surface area contributed by atoms with Crippen LogP contribution in [0, 0.1) is 5.92 Å². The molecular weight excluding hydrogens is 526 g/mol. The van der Waals surface area contributed by atoms with E-state index in [1.807, 2.05) is 36.4 Å². The Morgan fingerprint density at radius 2 is 2.17 bits per heavy atom. The molecule has 6 rings (SSSR count). The molecule has 3 aliphatic heterocycles. The summed E-state index contributed by atoms with van der Waals surface area (Å²) in [6.07, 6.45) is 12.2. The lowest BCUT2D eigenvalue weighted by atomic mass is 9.78. The lowest BCUT2D eigenvalue weighted by Gasteiger charge is -2.44. The first-order valence-electron chi connectivity index (χ1n) is 14.0. The van der Waals surface area contributed by atoms with Crippen LogP contribution in [0.25, 0.3) is 10.9 Å². The lowest BCUT2D eigenvalue weighted by Crippen LogP contribution is -2.55. The zero-order chi connectivity index (χ0) is 28.4. The average Bonchev–Trinajstić information content (AvgIpc) is 3.35. The molecule has 2 N–H and O–H groups in total. The maximum Gasteiger partial charge on any atom is 0.417 e. The summed E-state index contributed by atoms with van der Waals surface area (Å²) in [5.74, 6) is 1.44. The molecule has 2 aromatic rings. The van der Waals surface area contributed by atoms with Crippen molar-refractivity contribution < 1.29 is 34.0 Å². The van der Waals surface area contributed by atoms with Gasteiger partial charge in [0.05, 0.1) is 25.3 Å². The number of ether oxygens (including phenoxy) is 4. The van der Waals surface area contributed by atoms with Gasteiger partial charge in [0, 0.05) is 50.2 Å². The number of methoxy groups -OCH3 is 1. The van der Waals surface area contributed by atoms with Crippen LogP contribution in [0.2, 0.25) is 0 Å². The summed E-state index contributed by atoms with van der Waals surface area (Å²) < 4.78 is 23.1. The van der Waals surface area contributed by atoms with Crippen molar-refractivity contribution in [3.63, 3.8) is 0 Å². The van der Waals surface area contributed by atoms with Crippen molar-refractivity contribution in [2.24, 2.45) is 5.92 Å². The Morgan fingerprint density at radius 1 is 1.27 bits per heavy atom. The van der Waals surface area contributed by atoms with Crippen molar-refractivity contribution in [3.8, 4) is 5.75 Å². The third-order valence-electron chi connectivity index (χ3n) is 8.42. The van der Waals surface area contributed by atoms with Crippen LogP contribution in [-0.2, 0) is 14.2 Å². The number of allylic oxidation sites excluding steroid dienone is 4. The predicted octanol–water partition coefficient (Wildman–Crippen LogP) is 4.14. The number of aliphatic hydroxyl groups excluding tert-OH is 2. The van der Waals surface area contributed by atoms with Gasteiger partial charge in [-0.1, -0.05) is 18.2 Å². The molecule has 0 unspecified atom stereocenters. The van der Waals surface area contributed by atoms with Crippen LogP contribution in [0.3, 0.4) is 0 Å². The van der Waals surface area contributed by atoms with Gasteiger partial charge < -0.3 is 29.2 Å². The number of carbonyl (C=O) groups is 1. The van der Waals surface area contributed by atoms with Crippen molar-refractivity contribution in [2.45, 2.75) is 37.4 Å². The van der Waals surface area contributed by atoms with E-state index in [0.29, 0.717) is 56.4 Å². The summed E-state index contributed by atoms with van der Waals surface area (Å²) in [5.41, 5.74) is 1.79. The van der Waals surface area contributed by atoms with Gasteiger partial charge in [-0.05, 0) is 54.7 Å². The van der Waals surface area contributed by atoms with Crippen LogP contribution >= 0.6 is 0 Å². The molecule has 41 heavy (non-hydrogen) atoms. The number of hydrogen-bond acceptors (Lipinski definition) is 9. The normalized spacial score (nSPS) is 25.2. The van der Waals surface area contributed by atoms with Gasteiger partial charge >= 0.3 is 6.09 Å². The van der Waals surface area contributed by atoms with Crippen molar-refractivity contribution in [1.82, 2.24) is 14.8 Å². The van der Waals surface area contributed by atoms with Crippen LogP contribution in [-0.4, -0.2) is 76.6 Å². The van der Waals surface area contributed by atoms with Crippen LogP contribution in [0.4, 0.5) is 4.79 Å². The maximum atomic E-state index is 13.2. The Kier molecular flexibility index (Phi) is 7.70. The molecule has 3 atom stereocenters. The second kappa shape index (κ2) is 11.6. The number of hydrogen-bond donors (Lipinski definition) is 2. The van der Waals surface area contributed by atoms with Gasteiger partial charge in [-0.3, -0.25) is 9.88 Å². The standard InChI is InChI=1S/C31H35N3O7/c1-38-23-7-8-26-25(15-23)24(9-12-32-26)27(36)17-33-13-11-31(22(16-33)10-14-35)20-34(30(37)41-31)29-19-39-18-28(40-29)21-5-3-2-4-6-21/h2-3,5,7-9,12,15,18-19,22,27,35-36H,4,6,10-11,13-14,16-17,20H2,1H3/t22-,27+,31+/m1/s1. The summed E-state index contributed by atoms with van der Waals surface area (Å²) in [6.45, 7) is 1.83. The lowest BCUT2D eigenvalue weighted by molar-refractivity contribution is -0.0631. The van der Waals surface area contributed by atoms with Crippen molar-refractivity contribution in [1.29, 1.82) is 0 Å². The number of carbonyl (C=O) groups excluding carboxylic acids is 1. The number of amides is 1. The Balaban J connectivity index is 1.15. The zero-order valence-corrected chi connectivity index (χ0v) is 23.1.